The SMILES string of the molecule is CCC.C[C@H]1CCN(C(C)(C)C)C[C@@H]1F. The molecule has 1 aliphatic rings. The average molecular weight is 217 g/mol. The molecule has 0 bridgehead atoms. The van der Waals surface area contributed by atoms with Gasteiger partial charge in [-0.3, -0.25) is 4.90 Å². The standard InChI is InChI=1S/C10H20FN.C3H8/c1-8-5-6-12(7-9(8)11)10(2,3)4;1-3-2/h8-9H,5-7H2,1-4H3;3H2,1-2H3/t8-,9-;/m0./s1. The van der Waals surface area contributed by atoms with Crippen molar-refractivity contribution in [1.82, 2.24) is 4.90 Å². The second kappa shape index (κ2) is 6.47. The smallest absolute Gasteiger partial charge is 0.115 e. The van der Waals surface area contributed by atoms with Crippen LogP contribution < -0.4 is 0 Å². The molecule has 0 spiro atoms. The fraction of sp³-hybridized carbons (Fsp3) is 1.00. The van der Waals surface area contributed by atoms with E-state index in [-0.39, 0.29) is 11.5 Å². The fourth-order valence-electron chi connectivity index (χ4n) is 1.63. The van der Waals surface area contributed by atoms with Gasteiger partial charge in [-0.2, -0.15) is 0 Å². The minimum atomic E-state index is -0.627. The summed E-state index contributed by atoms with van der Waals surface area (Å²) in [5.41, 5.74) is 0.129. The van der Waals surface area contributed by atoms with Gasteiger partial charge in [0.05, 0.1) is 0 Å². The summed E-state index contributed by atoms with van der Waals surface area (Å²) in [6.07, 6.45) is 1.62. The number of likely N-dealkylation sites (tertiary alicyclic amines) is 1. The van der Waals surface area contributed by atoms with Crippen molar-refractivity contribution in [3.05, 3.63) is 0 Å². The van der Waals surface area contributed by atoms with Gasteiger partial charge in [-0.1, -0.05) is 27.2 Å². The topological polar surface area (TPSA) is 3.24 Å². The lowest BCUT2D eigenvalue weighted by Gasteiger charge is -2.41. The molecule has 1 saturated heterocycles. The first kappa shape index (κ1) is 14.9. The zero-order valence-electron chi connectivity index (χ0n) is 11.3. The molecule has 0 saturated carbocycles. The molecule has 2 heteroatoms. The first-order valence-electron chi connectivity index (χ1n) is 6.22. The van der Waals surface area contributed by atoms with Crippen LogP contribution in [-0.2, 0) is 0 Å². The van der Waals surface area contributed by atoms with Gasteiger partial charge in [0.15, 0.2) is 0 Å². The van der Waals surface area contributed by atoms with Crippen molar-refractivity contribution in [1.29, 1.82) is 0 Å². The summed E-state index contributed by atoms with van der Waals surface area (Å²) >= 11 is 0. The summed E-state index contributed by atoms with van der Waals surface area (Å²) in [5.74, 6) is 0.253. The van der Waals surface area contributed by atoms with Crippen LogP contribution in [0.3, 0.4) is 0 Å². The van der Waals surface area contributed by atoms with Crippen LogP contribution in [0.5, 0.6) is 0 Å². The van der Waals surface area contributed by atoms with Crippen LogP contribution in [-0.4, -0.2) is 29.7 Å². The van der Waals surface area contributed by atoms with Gasteiger partial charge in [0.25, 0.3) is 0 Å². The number of piperidine rings is 1. The highest BCUT2D eigenvalue weighted by Crippen LogP contribution is 2.25. The minimum absolute atomic E-state index is 0.129. The molecule has 1 fully saturated rings. The van der Waals surface area contributed by atoms with Crippen LogP contribution >= 0.6 is 0 Å². The van der Waals surface area contributed by atoms with E-state index in [4.69, 9.17) is 0 Å². The van der Waals surface area contributed by atoms with Crippen molar-refractivity contribution in [3.8, 4) is 0 Å². The molecular weight excluding hydrogens is 189 g/mol. The van der Waals surface area contributed by atoms with Crippen LogP contribution in [0.25, 0.3) is 0 Å². The molecule has 1 rings (SSSR count). The lowest BCUT2D eigenvalue weighted by atomic mass is 9.93. The fourth-order valence-corrected chi connectivity index (χ4v) is 1.63. The van der Waals surface area contributed by atoms with Crippen molar-refractivity contribution in [2.24, 2.45) is 5.92 Å². The number of nitrogens with zero attached hydrogens (tertiary/aromatic N) is 1. The van der Waals surface area contributed by atoms with Crippen molar-refractivity contribution in [2.45, 2.75) is 66.1 Å². The number of alkyl halides is 1. The van der Waals surface area contributed by atoms with E-state index < -0.39 is 6.17 Å². The van der Waals surface area contributed by atoms with E-state index in [1.807, 2.05) is 6.92 Å². The Morgan fingerprint density at radius 3 is 2.07 bits per heavy atom. The third kappa shape index (κ3) is 5.50. The molecule has 92 valence electrons. The van der Waals surface area contributed by atoms with Gasteiger partial charge in [0.2, 0.25) is 0 Å². The number of hydrogen-bond donors (Lipinski definition) is 0. The Balaban J connectivity index is 0.000000583. The van der Waals surface area contributed by atoms with Crippen LogP contribution in [0.4, 0.5) is 4.39 Å². The monoisotopic (exact) mass is 217 g/mol. The van der Waals surface area contributed by atoms with Gasteiger partial charge in [-0.25, -0.2) is 4.39 Å². The normalized spacial score (nSPS) is 28.2. The molecule has 1 nitrogen and oxygen atoms in total. The maximum atomic E-state index is 13.3. The van der Waals surface area contributed by atoms with Crippen molar-refractivity contribution in [2.75, 3.05) is 13.1 Å². The largest absolute Gasteiger partial charge is 0.296 e. The number of hydrogen-bond acceptors (Lipinski definition) is 1. The molecule has 0 aromatic heterocycles. The third-order valence-corrected chi connectivity index (χ3v) is 2.82. The summed E-state index contributed by atoms with van der Waals surface area (Å²) in [4.78, 5) is 2.23. The Bertz CT molecular complexity index is 162. The molecule has 1 aliphatic heterocycles. The maximum Gasteiger partial charge on any atom is 0.115 e. The van der Waals surface area contributed by atoms with Gasteiger partial charge in [-0.05, 0) is 39.7 Å². The second-order valence-corrected chi connectivity index (χ2v) is 5.61. The minimum Gasteiger partial charge on any atom is -0.296 e. The predicted octanol–water partition coefficient (Wildman–Crippen LogP) is 3.88. The summed E-state index contributed by atoms with van der Waals surface area (Å²) < 4.78 is 13.3. The molecule has 0 radical (unpaired) electrons. The van der Waals surface area contributed by atoms with E-state index in [0.717, 1.165) is 13.0 Å². The zero-order chi connectivity index (χ0) is 12.1. The van der Waals surface area contributed by atoms with Crippen molar-refractivity contribution >= 4 is 0 Å². The van der Waals surface area contributed by atoms with E-state index in [1.165, 1.54) is 6.42 Å². The lowest BCUT2D eigenvalue weighted by Crippen LogP contribution is -2.50. The molecule has 0 unspecified atom stereocenters. The lowest BCUT2D eigenvalue weighted by molar-refractivity contribution is 0.0337. The summed E-state index contributed by atoms with van der Waals surface area (Å²) in [5, 5.41) is 0. The average Bonchev–Trinajstić information content (AvgIpc) is 2.09. The molecule has 15 heavy (non-hydrogen) atoms. The van der Waals surface area contributed by atoms with Crippen LogP contribution in [0.2, 0.25) is 0 Å². The Morgan fingerprint density at radius 1 is 1.27 bits per heavy atom. The van der Waals surface area contributed by atoms with Crippen LogP contribution in [0.15, 0.2) is 0 Å². The molecular formula is C13H28FN. The van der Waals surface area contributed by atoms with Gasteiger partial charge in [0, 0.05) is 12.1 Å². The van der Waals surface area contributed by atoms with Gasteiger partial charge < -0.3 is 0 Å². The third-order valence-electron chi connectivity index (χ3n) is 2.82. The summed E-state index contributed by atoms with van der Waals surface area (Å²) in [6.45, 7) is 14.4. The maximum absolute atomic E-state index is 13.3. The molecule has 0 N–H and O–H groups in total. The molecule has 0 aromatic rings. The Hall–Kier alpha value is -0.110. The Kier molecular flexibility index (Phi) is 6.42. The van der Waals surface area contributed by atoms with Gasteiger partial charge in [-0.15, -0.1) is 0 Å². The Labute approximate surface area is 95.0 Å². The predicted molar refractivity (Wildman–Crippen MR) is 66.0 cm³/mol. The molecule has 2 atom stereocenters. The molecule has 1 heterocycles. The first-order chi connectivity index (χ1) is 6.82. The summed E-state index contributed by atoms with van der Waals surface area (Å²) in [6, 6.07) is 0. The molecule has 0 amide bonds. The number of rotatable bonds is 0. The van der Waals surface area contributed by atoms with E-state index in [0.29, 0.717) is 6.54 Å². The van der Waals surface area contributed by atoms with E-state index in [2.05, 4.69) is 39.5 Å². The van der Waals surface area contributed by atoms with Crippen molar-refractivity contribution in [3.63, 3.8) is 0 Å². The van der Waals surface area contributed by atoms with E-state index in [9.17, 15) is 4.39 Å². The highest BCUT2D eigenvalue weighted by atomic mass is 19.1. The van der Waals surface area contributed by atoms with Crippen LogP contribution in [0.1, 0.15) is 54.4 Å². The highest BCUT2D eigenvalue weighted by Gasteiger charge is 2.31. The first-order valence-corrected chi connectivity index (χ1v) is 6.22. The van der Waals surface area contributed by atoms with Gasteiger partial charge >= 0.3 is 0 Å². The Morgan fingerprint density at radius 2 is 1.73 bits per heavy atom. The second-order valence-electron chi connectivity index (χ2n) is 5.61. The molecule has 0 aromatic carbocycles. The zero-order valence-corrected chi connectivity index (χ0v) is 11.3. The number of halogens is 1. The quantitative estimate of drug-likeness (QED) is 0.595. The van der Waals surface area contributed by atoms with E-state index in [1.54, 1.807) is 0 Å². The van der Waals surface area contributed by atoms with Crippen molar-refractivity contribution < 1.29 is 4.39 Å². The van der Waals surface area contributed by atoms with Crippen LogP contribution in [0, 0.1) is 5.92 Å². The van der Waals surface area contributed by atoms with Gasteiger partial charge in [0.1, 0.15) is 6.17 Å². The summed E-state index contributed by atoms with van der Waals surface area (Å²) in [7, 11) is 0. The van der Waals surface area contributed by atoms with E-state index >= 15 is 0 Å². The molecule has 0 aliphatic carbocycles. The highest BCUT2D eigenvalue weighted by molar-refractivity contribution is 4.85.